The molecule has 7 heteroatoms. The molecular formula is C20H26N4O2S. The van der Waals surface area contributed by atoms with E-state index in [9.17, 15) is 8.42 Å². The first-order chi connectivity index (χ1) is 12.9. The number of imidazole rings is 1. The Morgan fingerprint density at radius 1 is 1.07 bits per heavy atom. The number of nitrogens with zero attached hydrogens (tertiary/aromatic N) is 4. The molecule has 5 heterocycles. The molecule has 4 aliphatic heterocycles. The highest BCUT2D eigenvalue weighted by Crippen LogP contribution is 2.48. The lowest BCUT2D eigenvalue weighted by atomic mass is 9.75. The second kappa shape index (κ2) is 6.15. The minimum absolute atomic E-state index is 0.0609. The number of piperidine rings is 3. The first-order valence-corrected chi connectivity index (χ1v) is 11.2. The Morgan fingerprint density at radius 2 is 1.78 bits per heavy atom. The Bertz CT molecular complexity index is 945. The van der Waals surface area contributed by atoms with Crippen molar-refractivity contribution in [3.63, 3.8) is 0 Å². The second-order valence-electron chi connectivity index (χ2n) is 8.32. The Kier molecular flexibility index (Phi) is 3.97. The van der Waals surface area contributed by atoms with Crippen molar-refractivity contribution in [3.8, 4) is 0 Å². The van der Waals surface area contributed by atoms with Gasteiger partial charge in [-0.25, -0.2) is 13.4 Å². The summed E-state index contributed by atoms with van der Waals surface area (Å²) < 4.78 is 30.4. The summed E-state index contributed by atoms with van der Waals surface area (Å²) in [6.45, 7) is 4.81. The van der Waals surface area contributed by atoms with Gasteiger partial charge in [0.25, 0.3) is 10.0 Å². The molecule has 6 nitrogen and oxygen atoms in total. The van der Waals surface area contributed by atoms with E-state index in [1.54, 1.807) is 21.4 Å². The van der Waals surface area contributed by atoms with Crippen LogP contribution in [0.2, 0.25) is 0 Å². The Hall–Kier alpha value is -1.70. The van der Waals surface area contributed by atoms with Crippen molar-refractivity contribution in [1.82, 2.24) is 18.8 Å². The Balaban J connectivity index is 1.57. The molecule has 144 valence electrons. The van der Waals surface area contributed by atoms with Gasteiger partial charge in [0.2, 0.25) is 0 Å². The lowest BCUT2D eigenvalue weighted by Gasteiger charge is -2.50. The van der Waals surface area contributed by atoms with Gasteiger partial charge in [-0.15, -0.1) is 0 Å². The average molecular weight is 387 g/mol. The zero-order valence-electron chi connectivity index (χ0n) is 15.8. The Morgan fingerprint density at radius 3 is 2.41 bits per heavy atom. The molecule has 1 aromatic carbocycles. The molecule has 27 heavy (non-hydrogen) atoms. The van der Waals surface area contributed by atoms with E-state index in [0.29, 0.717) is 12.5 Å². The summed E-state index contributed by atoms with van der Waals surface area (Å²) in [4.78, 5) is 6.69. The van der Waals surface area contributed by atoms with E-state index in [1.165, 1.54) is 11.1 Å². The molecule has 0 unspecified atom stereocenters. The predicted octanol–water partition coefficient (Wildman–Crippen LogP) is 1.98. The third-order valence-electron chi connectivity index (χ3n) is 6.71. The maximum absolute atomic E-state index is 13.4. The van der Waals surface area contributed by atoms with Gasteiger partial charge in [0, 0.05) is 37.8 Å². The summed E-state index contributed by atoms with van der Waals surface area (Å²) in [6, 6.07) is 8.96. The maximum Gasteiger partial charge on any atom is 0.262 e. The number of hydrogen-bond acceptors (Lipinski definition) is 4. The van der Waals surface area contributed by atoms with Crippen molar-refractivity contribution in [2.24, 2.45) is 13.0 Å². The van der Waals surface area contributed by atoms with Gasteiger partial charge < -0.3 is 4.57 Å². The fourth-order valence-electron chi connectivity index (χ4n) is 5.39. The van der Waals surface area contributed by atoms with Gasteiger partial charge in [0.05, 0.1) is 6.33 Å². The molecule has 0 amide bonds. The lowest BCUT2D eigenvalue weighted by molar-refractivity contribution is 0.0122. The third-order valence-corrected chi connectivity index (χ3v) is 8.46. The van der Waals surface area contributed by atoms with Gasteiger partial charge in [-0.05, 0) is 44.3 Å². The molecule has 0 N–H and O–H groups in total. The molecule has 4 saturated heterocycles. The number of hydrogen-bond donors (Lipinski definition) is 0. The van der Waals surface area contributed by atoms with E-state index in [4.69, 9.17) is 0 Å². The smallest absolute Gasteiger partial charge is 0.262 e. The average Bonchev–Trinajstić information content (AvgIpc) is 3.29. The quantitative estimate of drug-likeness (QED) is 0.809. The molecule has 6 rings (SSSR count). The van der Waals surface area contributed by atoms with Crippen molar-refractivity contribution in [2.45, 2.75) is 42.8 Å². The molecule has 2 bridgehead atoms. The van der Waals surface area contributed by atoms with Crippen LogP contribution in [0.5, 0.6) is 0 Å². The number of aryl methyl sites for hydroxylation is 2. The third kappa shape index (κ3) is 2.67. The number of sulfonamides is 1. The molecule has 4 aliphatic rings. The molecule has 0 aliphatic carbocycles. The summed E-state index contributed by atoms with van der Waals surface area (Å²) >= 11 is 0. The van der Waals surface area contributed by atoms with Crippen molar-refractivity contribution in [3.05, 3.63) is 47.9 Å². The molecule has 1 aromatic heterocycles. The minimum atomic E-state index is -3.59. The van der Waals surface area contributed by atoms with Gasteiger partial charge in [0.15, 0.2) is 5.03 Å². The van der Waals surface area contributed by atoms with E-state index in [2.05, 4.69) is 41.1 Å². The van der Waals surface area contributed by atoms with Crippen LogP contribution in [-0.4, -0.2) is 58.9 Å². The van der Waals surface area contributed by atoms with Gasteiger partial charge in [-0.3, -0.25) is 4.90 Å². The number of rotatable bonds is 3. The standard InChI is InChI=1S/C20H26N4O2S/c1-14-3-5-15(6-4-14)17-11-24(27(25,26)18-12-22(2)13-21-18)19-16-7-9-23(10-8-16)20(17)19/h3-6,12-13,16-17,19-20H,7-11H2,1-2H3/t17-,19+,20+/m0/s1. The number of fused-ring (bicyclic) bond motifs is 2. The van der Waals surface area contributed by atoms with Crippen molar-refractivity contribution in [2.75, 3.05) is 19.6 Å². The monoisotopic (exact) mass is 386 g/mol. The van der Waals surface area contributed by atoms with E-state index in [0.717, 1.165) is 25.9 Å². The molecule has 2 aromatic rings. The highest BCUT2D eigenvalue weighted by molar-refractivity contribution is 7.89. The number of aromatic nitrogens is 2. The normalized spacial score (nSPS) is 33.3. The maximum atomic E-state index is 13.4. The summed E-state index contributed by atoms with van der Waals surface area (Å²) in [7, 11) is -1.78. The fraction of sp³-hybridized carbons (Fsp3) is 0.550. The molecule has 0 radical (unpaired) electrons. The van der Waals surface area contributed by atoms with Crippen molar-refractivity contribution in [1.29, 1.82) is 0 Å². The van der Waals surface area contributed by atoms with Crippen LogP contribution in [-0.2, 0) is 17.1 Å². The van der Waals surface area contributed by atoms with E-state index in [1.807, 2.05) is 7.05 Å². The first kappa shape index (κ1) is 17.4. The minimum Gasteiger partial charge on any atom is -0.339 e. The van der Waals surface area contributed by atoms with Crippen LogP contribution < -0.4 is 0 Å². The molecule has 3 atom stereocenters. The largest absolute Gasteiger partial charge is 0.339 e. The molecular weight excluding hydrogens is 360 g/mol. The molecule has 0 spiro atoms. The zero-order chi connectivity index (χ0) is 18.8. The summed E-state index contributed by atoms with van der Waals surface area (Å²) in [5.74, 6) is 0.672. The van der Waals surface area contributed by atoms with Gasteiger partial charge in [-0.2, -0.15) is 4.31 Å². The van der Waals surface area contributed by atoms with Gasteiger partial charge in [-0.1, -0.05) is 29.8 Å². The van der Waals surface area contributed by atoms with E-state index < -0.39 is 10.0 Å². The van der Waals surface area contributed by atoms with Crippen LogP contribution in [0.3, 0.4) is 0 Å². The summed E-state index contributed by atoms with van der Waals surface area (Å²) in [5, 5.41) is 0.171. The highest BCUT2D eigenvalue weighted by Gasteiger charge is 2.56. The summed E-state index contributed by atoms with van der Waals surface area (Å²) in [5.41, 5.74) is 2.48. The highest BCUT2D eigenvalue weighted by atomic mass is 32.2. The van der Waals surface area contributed by atoms with E-state index in [-0.39, 0.29) is 23.0 Å². The van der Waals surface area contributed by atoms with Crippen LogP contribution in [0.15, 0.2) is 41.8 Å². The van der Waals surface area contributed by atoms with Crippen LogP contribution >= 0.6 is 0 Å². The number of benzene rings is 1. The van der Waals surface area contributed by atoms with Gasteiger partial charge >= 0.3 is 0 Å². The van der Waals surface area contributed by atoms with Gasteiger partial charge in [0.1, 0.15) is 0 Å². The van der Waals surface area contributed by atoms with Crippen LogP contribution in [0.25, 0.3) is 0 Å². The Labute approximate surface area is 160 Å². The molecule has 4 fully saturated rings. The topological polar surface area (TPSA) is 58.4 Å². The predicted molar refractivity (Wildman–Crippen MR) is 103 cm³/mol. The SMILES string of the molecule is Cc1ccc([C@@H]2CN(S(=O)(=O)c3cn(C)cn3)[C@@H]3C4CCN(CC4)[C@@H]32)cc1. The van der Waals surface area contributed by atoms with Crippen molar-refractivity contribution < 1.29 is 8.42 Å². The fourth-order valence-corrected chi connectivity index (χ4v) is 7.09. The zero-order valence-corrected chi connectivity index (χ0v) is 16.6. The van der Waals surface area contributed by atoms with Crippen LogP contribution in [0.4, 0.5) is 0 Å². The van der Waals surface area contributed by atoms with Crippen LogP contribution in [0, 0.1) is 12.8 Å². The van der Waals surface area contributed by atoms with Crippen LogP contribution in [0.1, 0.15) is 29.9 Å². The molecule has 0 saturated carbocycles. The second-order valence-corrected chi connectivity index (χ2v) is 10.2. The first-order valence-electron chi connectivity index (χ1n) is 9.75. The summed E-state index contributed by atoms with van der Waals surface area (Å²) in [6.07, 6.45) is 5.37. The van der Waals surface area contributed by atoms with Crippen molar-refractivity contribution >= 4 is 10.0 Å². The van der Waals surface area contributed by atoms with E-state index >= 15 is 0 Å². The lowest BCUT2D eigenvalue weighted by Crippen LogP contribution is -2.60.